The van der Waals surface area contributed by atoms with Gasteiger partial charge in [-0.25, -0.2) is 4.98 Å². The minimum atomic E-state index is -0.185. The summed E-state index contributed by atoms with van der Waals surface area (Å²) in [6, 6.07) is 9.14. The number of pyridine rings is 1. The summed E-state index contributed by atoms with van der Waals surface area (Å²) < 4.78 is 13.5. The normalized spacial score (nSPS) is 10.9. The number of hydrogen-bond donors (Lipinski definition) is 0. The monoisotopic (exact) mass is 423 g/mol. The van der Waals surface area contributed by atoms with Crippen molar-refractivity contribution in [1.29, 1.82) is 0 Å². The van der Waals surface area contributed by atoms with E-state index in [1.807, 2.05) is 31.2 Å². The molecule has 3 heterocycles. The van der Waals surface area contributed by atoms with Crippen LogP contribution in [0.1, 0.15) is 23.0 Å². The topological polar surface area (TPSA) is 82.4 Å². The molecular formula is C21H21N5O3S. The number of thiazole rings is 1. The van der Waals surface area contributed by atoms with Crippen molar-refractivity contribution in [3.63, 3.8) is 0 Å². The van der Waals surface area contributed by atoms with Crippen LogP contribution in [0.5, 0.6) is 11.5 Å². The maximum absolute atomic E-state index is 13.5. The molecule has 3 aromatic heterocycles. The first-order valence-electron chi connectivity index (χ1n) is 9.40. The SMILES string of the molecule is CCn1nccc1C(=O)N(Cc1cccnc1)c1nc2c(OC)ccc(OC)c2s1. The second kappa shape index (κ2) is 8.50. The summed E-state index contributed by atoms with van der Waals surface area (Å²) in [5, 5.41) is 4.78. The van der Waals surface area contributed by atoms with Gasteiger partial charge >= 0.3 is 0 Å². The van der Waals surface area contributed by atoms with Gasteiger partial charge in [0, 0.05) is 25.1 Å². The van der Waals surface area contributed by atoms with Gasteiger partial charge in [0.25, 0.3) is 5.91 Å². The summed E-state index contributed by atoms with van der Waals surface area (Å²) in [4.78, 5) is 24.1. The highest BCUT2D eigenvalue weighted by atomic mass is 32.1. The molecule has 0 fully saturated rings. The fraction of sp³-hybridized carbons (Fsp3) is 0.238. The standard InChI is InChI=1S/C21H21N5O3S/c1-4-26-15(9-11-23-26)20(27)25(13-14-6-5-10-22-12-14)21-24-18-16(28-2)7-8-17(29-3)19(18)30-21/h5-12H,4,13H2,1-3H3. The van der Waals surface area contributed by atoms with E-state index in [-0.39, 0.29) is 5.91 Å². The predicted molar refractivity (Wildman–Crippen MR) is 115 cm³/mol. The highest BCUT2D eigenvalue weighted by Gasteiger charge is 2.26. The van der Waals surface area contributed by atoms with Crippen LogP contribution in [0.4, 0.5) is 5.13 Å². The number of aromatic nitrogens is 4. The summed E-state index contributed by atoms with van der Waals surface area (Å²) in [7, 11) is 3.21. The van der Waals surface area contributed by atoms with Gasteiger partial charge in [0.2, 0.25) is 0 Å². The average Bonchev–Trinajstić information content (AvgIpc) is 3.44. The third-order valence-corrected chi connectivity index (χ3v) is 5.77. The molecular weight excluding hydrogens is 402 g/mol. The van der Waals surface area contributed by atoms with E-state index < -0.39 is 0 Å². The van der Waals surface area contributed by atoms with E-state index in [4.69, 9.17) is 14.5 Å². The van der Waals surface area contributed by atoms with Crippen LogP contribution in [0.2, 0.25) is 0 Å². The molecule has 4 rings (SSSR count). The number of hydrogen-bond acceptors (Lipinski definition) is 7. The number of rotatable bonds is 7. The number of anilines is 1. The van der Waals surface area contributed by atoms with Gasteiger partial charge in [0.05, 0.1) is 20.8 Å². The van der Waals surface area contributed by atoms with Crippen molar-refractivity contribution < 1.29 is 14.3 Å². The number of carbonyl (C=O) groups excluding carboxylic acids is 1. The van der Waals surface area contributed by atoms with Crippen molar-refractivity contribution in [2.45, 2.75) is 20.0 Å². The average molecular weight is 423 g/mol. The number of amides is 1. The van der Waals surface area contributed by atoms with Gasteiger partial charge in [0.1, 0.15) is 27.4 Å². The Kier molecular flexibility index (Phi) is 5.62. The zero-order valence-electron chi connectivity index (χ0n) is 16.9. The molecule has 0 bridgehead atoms. The summed E-state index contributed by atoms with van der Waals surface area (Å²) in [6.45, 7) is 2.87. The van der Waals surface area contributed by atoms with Crippen LogP contribution in [0.3, 0.4) is 0 Å². The lowest BCUT2D eigenvalue weighted by molar-refractivity contribution is 0.0975. The Morgan fingerprint density at radius 3 is 2.63 bits per heavy atom. The number of ether oxygens (including phenoxy) is 2. The quantitative estimate of drug-likeness (QED) is 0.450. The lowest BCUT2D eigenvalue weighted by atomic mass is 10.2. The van der Waals surface area contributed by atoms with Gasteiger partial charge < -0.3 is 9.47 Å². The van der Waals surface area contributed by atoms with Crippen molar-refractivity contribution in [3.8, 4) is 11.5 Å². The first kappa shape index (κ1) is 19.8. The maximum Gasteiger partial charge on any atom is 0.278 e. The van der Waals surface area contributed by atoms with Crippen LogP contribution in [0, 0.1) is 0 Å². The molecule has 0 radical (unpaired) electrons. The number of methoxy groups -OCH3 is 2. The van der Waals surface area contributed by atoms with Gasteiger partial charge in [-0.2, -0.15) is 5.10 Å². The zero-order valence-corrected chi connectivity index (χ0v) is 17.7. The Morgan fingerprint density at radius 2 is 1.93 bits per heavy atom. The Balaban J connectivity index is 1.84. The third-order valence-electron chi connectivity index (χ3n) is 4.67. The largest absolute Gasteiger partial charge is 0.495 e. The van der Waals surface area contributed by atoms with Gasteiger partial charge in [-0.1, -0.05) is 17.4 Å². The maximum atomic E-state index is 13.5. The van der Waals surface area contributed by atoms with Gasteiger partial charge in [0.15, 0.2) is 5.13 Å². The number of aryl methyl sites for hydroxylation is 1. The fourth-order valence-corrected chi connectivity index (χ4v) is 4.27. The van der Waals surface area contributed by atoms with Gasteiger partial charge in [-0.3, -0.25) is 19.4 Å². The van der Waals surface area contributed by atoms with Crippen LogP contribution in [-0.4, -0.2) is 39.9 Å². The van der Waals surface area contributed by atoms with Crippen molar-refractivity contribution in [3.05, 3.63) is 60.2 Å². The van der Waals surface area contributed by atoms with Gasteiger partial charge in [-0.05, 0) is 36.8 Å². The molecule has 0 N–H and O–H groups in total. The van der Waals surface area contributed by atoms with Crippen LogP contribution in [0.15, 0.2) is 48.9 Å². The highest BCUT2D eigenvalue weighted by Crippen LogP contribution is 2.40. The lowest BCUT2D eigenvalue weighted by Crippen LogP contribution is -2.32. The van der Waals surface area contributed by atoms with E-state index in [1.165, 1.54) is 11.3 Å². The molecule has 154 valence electrons. The first-order chi connectivity index (χ1) is 14.7. The van der Waals surface area contributed by atoms with Crippen LogP contribution in [-0.2, 0) is 13.1 Å². The minimum absolute atomic E-state index is 0.185. The zero-order chi connectivity index (χ0) is 21.1. The molecule has 0 aliphatic heterocycles. The summed E-state index contributed by atoms with van der Waals surface area (Å²) in [5.41, 5.74) is 2.05. The molecule has 1 aromatic carbocycles. The number of fused-ring (bicyclic) bond motifs is 1. The highest BCUT2D eigenvalue weighted by molar-refractivity contribution is 7.22. The van der Waals surface area contributed by atoms with E-state index in [1.54, 1.807) is 48.5 Å². The van der Waals surface area contributed by atoms with Crippen LogP contribution >= 0.6 is 11.3 Å². The fourth-order valence-electron chi connectivity index (χ4n) is 3.19. The first-order valence-corrected chi connectivity index (χ1v) is 10.2. The van der Waals surface area contributed by atoms with Crippen molar-refractivity contribution in [1.82, 2.24) is 19.7 Å². The molecule has 8 nitrogen and oxygen atoms in total. The Morgan fingerprint density at radius 1 is 1.13 bits per heavy atom. The number of carbonyl (C=O) groups is 1. The Hall–Kier alpha value is -3.46. The van der Waals surface area contributed by atoms with E-state index in [2.05, 4.69) is 10.1 Å². The van der Waals surface area contributed by atoms with Crippen molar-refractivity contribution in [2.75, 3.05) is 19.1 Å². The number of nitrogens with zero attached hydrogens (tertiary/aromatic N) is 5. The molecule has 0 saturated carbocycles. The summed E-state index contributed by atoms with van der Waals surface area (Å²) in [5.74, 6) is 1.12. The lowest BCUT2D eigenvalue weighted by Gasteiger charge is -2.20. The van der Waals surface area contributed by atoms with Crippen molar-refractivity contribution in [2.24, 2.45) is 0 Å². The molecule has 1 amide bonds. The Labute approximate surface area is 177 Å². The molecule has 0 unspecified atom stereocenters. The van der Waals surface area contributed by atoms with E-state index >= 15 is 0 Å². The second-order valence-corrected chi connectivity index (χ2v) is 7.41. The molecule has 0 aliphatic rings. The van der Waals surface area contributed by atoms with Crippen LogP contribution in [0.25, 0.3) is 10.2 Å². The second-order valence-electron chi connectivity index (χ2n) is 6.43. The minimum Gasteiger partial charge on any atom is -0.495 e. The summed E-state index contributed by atoms with van der Waals surface area (Å²) in [6.07, 6.45) is 5.07. The van der Waals surface area contributed by atoms with Crippen molar-refractivity contribution >= 4 is 32.6 Å². The number of benzene rings is 1. The molecule has 0 saturated heterocycles. The smallest absolute Gasteiger partial charge is 0.278 e. The van der Waals surface area contributed by atoms with E-state index in [0.717, 1.165) is 10.3 Å². The van der Waals surface area contributed by atoms with E-state index in [0.29, 0.717) is 40.9 Å². The Bertz CT molecular complexity index is 1130. The van der Waals surface area contributed by atoms with E-state index in [9.17, 15) is 4.79 Å². The predicted octanol–water partition coefficient (Wildman–Crippen LogP) is 3.77. The molecule has 4 aromatic rings. The summed E-state index contributed by atoms with van der Waals surface area (Å²) >= 11 is 1.38. The van der Waals surface area contributed by atoms with Crippen LogP contribution < -0.4 is 14.4 Å². The van der Waals surface area contributed by atoms with Gasteiger partial charge in [-0.15, -0.1) is 0 Å². The molecule has 0 spiro atoms. The molecule has 9 heteroatoms. The molecule has 30 heavy (non-hydrogen) atoms. The molecule has 0 atom stereocenters. The third kappa shape index (κ3) is 3.59. The molecule has 0 aliphatic carbocycles.